The number of carbonyl (C=O) groups is 1. The molecule has 4 aromatic rings. The molecule has 0 aliphatic rings. The molecule has 0 bridgehead atoms. The van der Waals surface area contributed by atoms with E-state index in [4.69, 9.17) is 4.98 Å². The summed E-state index contributed by atoms with van der Waals surface area (Å²) in [4.78, 5) is 37.8. The van der Waals surface area contributed by atoms with Crippen molar-refractivity contribution >= 4 is 45.5 Å². The van der Waals surface area contributed by atoms with Crippen molar-refractivity contribution in [2.24, 2.45) is 12.5 Å². The van der Waals surface area contributed by atoms with Gasteiger partial charge >= 0.3 is 0 Å². The summed E-state index contributed by atoms with van der Waals surface area (Å²) < 4.78 is 2.01. The molecule has 11 heteroatoms. The van der Waals surface area contributed by atoms with Crippen LogP contribution in [0.1, 0.15) is 33.8 Å². The zero-order chi connectivity index (χ0) is 30.1. The van der Waals surface area contributed by atoms with E-state index in [2.05, 4.69) is 15.6 Å². The number of nitrogens with zero attached hydrogens (tertiary/aromatic N) is 6. The van der Waals surface area contributed by atoms with Gasteiger partial charge in [-0.25, -0.2) is 9.97 Å². The molecule has 4 rings (SSSR count). The molecule has 2 heterocycles. The molecule has 42 heavy (non-hydrogen) atoms. The Hall–Kier alpha value is -4.51. The van der Waals surface area contributed by atoms with Crippen molar-refractivity contribution in [3.63, 3.8) is 0 Å². The molecule has 0 saturated carbocycles. The number of nitro benzene ring substituents is 1. The van der Waals surface area contributed by atoms with Gasteiger partial charge in [-0.05, 0) is 38.7 Å². The van der Waals surface area contributed by atoms with Crippen molar-refractivity contribution in [1.29, 1.82) is 0 Å². The maximum absolute atomic E-state index is 12.9. The smallest absolute Gasteiger partial charge is 0.294 e. The Morgan fingerprint density at radius 1 is 1.10 bits per heavy atom. The molecule has 2 N–H and O–H groups in total. The summed E-state index contributed by atoms with van der Waals surface area (Å²) >= 11 is 0. The largest absolute Gasteiger partial charge is 0.368 e. The van der Waals surface area contributed by atoms with Crippen LogP contribution < -0.4 is 15.5 Å². The van der Waals surface area contributed by atoms with Crippen molar-refractivity contribution in [2.45, 2.75) is 35.1 Å². The van der Waals surface area contributed by atoms with Crippen LogP contribution in [0.15, 0.2) is 48.8 Å². The summed E-state index contributed by atoms with van der Waals surface area (Å²) in [6.07, 6.45) is 3.54. The molecule has 11 nitrogen and oxygen atoms in total. The number of aryl methyl sites for hydroxylation is 2. The minimum atomic E-state index is -0.621. The topological polar surface area (TPSA) is 121 Å². The average Bonchev–Trinajstić information content (AvgIpc) is 3.24. The van der Waals surface area contributed by atoms with E-state index in [-0.39, 0.29) is 29.9 Å². The lowest BCUT2D eigenvalue weighted by atomic mass is 9.95. The quantitative estimate of drug-likeness (QED) is 0.179. The molecule has 0 unspecified atom stereocenters. The molecule has 0 aliphatic heterocycles. The Kier molecular flexibility index (Phi) is 9.57. The van der Waals surface area contributed by atoms with Gasteiger partial charge in [0.05, 0.1) is 22.5 Å². The highest BCUT2D eigenvalue weighted by atomic mass is 16.6. The number of likely N-dealkylation sites (N-methyl/N-ethyl adjacent to an activating group) is 2. The average molecular weight is 575 g/mol. The van der Waals surface area contributed by atoms with Crippen LogP contribution >= 0.6 is 0 Å². The van der Waals surface area contributed by atoms with E-state index in [1.807, 2.05) is 101 Å². The minimum Gasteiger partial charge on any atom is -0.368 e. The van der Waals surface area contributed by atoms with Crippen LogP contribution in [0.5, 0.6) is 0 Å². The fourth-order valence-electron chi connectivity index (χ4n) is 4.44. The third kappa shape index (κ3) is 6.85. The van der Waals surface area contributed by atoms with Crippen LogP contribution in [0.3, 0.4) is 0 Å². The second-order valence-electron chi connectivity index (χ2n) is 11.6. The van der Waals surface area contributed by atoms with E-state index < -0.39 is 5.41 Å². The zero-order valence-electron chi connectivity index (χ0n) is 24.9. The Morgan fingerprint density at radius 3 is 2.43 bits per heavy atom. The third-order valence-electron chi connectivity index (χ3n) is 6.93. The van der Waals surface area contributed by atoms with Crippen LogP contribution in [0.4, 0.5) is 28.7 Å². The second-order valence-corrected chi connectivity index (χ2v) is 11.6. The van der Waals surface area contributed by atoms with E-state index in [0.717, 1.165) is 28.6 Å². The van der Waals surface area contributed by atoms with E-state index in [0.29, 0.717) is 29.3 Å². The molecular formula is C31H42N8O3. The number of hydrogen-bond acceptors (Lipinski definition) is 8. The first kappa shape index (κ1) is 32.0. The Balaban J connectivity index is 0.00000484. The van der Waals surface area contributed by atoms with Crippen molar-refractivity contribution < 1.29 is 9.72 Å². The second kappa shape index (κ2) is 12.6. The van der Waals surface area contributed by atoms with Gasteiger partial charge in [0.25, 0.3) is 5.69 Å². The number of hydrogen-bond donors (Lipinski definition) is 2. The highest BCUT2D eigenvalue weighted by molar-refractivity contribution is 6.02. The number of aromatic nitrogens is 3. The number of amides is 1. The highest BCUT2D eigenvalue weighted by Gasteiger charge is 2.25. The first-order chi connectivity index (χ1) is 19.3. The molecule has 0 radical (unpaired) electrons. The maximum atomic E-state index is 12.9. The first-order valence-corrected chi connectivity index (χ1v) is 13.4. The van der Waals surface area contributed by atoms with Crippen molar-refractivity contribution in [3.8, 4) is 11.3 Å². The summed E-state index contributed by atoms with van der Waals surface area (Å²) in [5.74, 6) is 0.0940. The van der Waals surface area contributed by atoms with Gasteiger partial charge in [0.15, 0.2) is 0 Å². The van der Waals surface area contributed by atoms with Crippen LogP contribution in [0, 0.1) is 22.5 Å². The summed E-state index contributed by atoms with van der Waals surface area (Å²) in [6, 6.07) is 11.3. The number of rotatable bonds is 9. The summed E-state index contributed by atoms with van der Waals surface area (Å²) in [5, 5.41) is 19.2. The van der Waals surface area contributed by atoms with E-state index in [1.54, 1.807) is 12.3 Å². The van der Waals surface area contributed by atoms with Crippen LogP contribution in [0.25, 0.3) is 22.2 Å². The van der Waals surface area contributed by atoms with E-state index >= 15 is 0 Å². The highest BCUT2D eigenvalue weighted by Crippen LogP contribution is 2.37. The molecule has 0 spiro atoms. The number of fused-ring (bicyclic) bond motifs is 1. The molecule has 0 aliphatic carbocycles. The number of anilines is 4. The summed E-state index contributed by atoms with van der Waals surface area (Å²) in [5.41, 5.74) is 4.11. The molecule has 2 aromatic heterocycles. The van der Waals surface area contributed by atoms with Gasteiger partial charge in [0, 0.05) is 61.3 Å². The van der Waals surface area contributed by atoms with Crippen LogP contribution in [-0.2, 0) is 11.8 Å². The molecule has 224 valence electrons. The van der Waals surface area contributed by atoms with Gasteiger partial charge < -0.3 is 25.0 Å². The first-order valence-electron chi connectivity index (χ1n) is 13.4. The monoisotopic (exact) mass is 574 g/mol. The number of nitrogens with one attached hydrogen (secondary N) is 2. The fraction of sp³-hybridized carbons (Fsp3) is 0.387. The lowest BCUT2D eigenvalue weighted by molar-refractivity contribution is -0.384. The Morgan fingerprint density at radius 2 is 1.79 bits per heavy atom. The molecule has 0 atom stereocenters. The molecular weight excluding hydrogens is 532 g/mol. The predicted octanol–water partition coefficient (Wildman–Crippen LogP) is 6.21. The zero-order valence-corrected chi connectivity index (χ0v) is 24.9. The lowest BCUT2D eigenvalue weighted by Gasteiger charge is -2.22. The van der Waals surface area contributed by atoms with Gasteiger partial charge in [-0.1, -0.05) is 46.4 Å². The minimum absolute atomic E-state index is 0. The lowest BCUT2D eigenvalue weighted by Crippen LogP contribution is -2.29. The molecule has 0 saturated heterocycles. The molecule has 0 fully saturated rings. The Bertz CT molecular complexity index is 1600. The summed E-state index contributed by atoms with van der Waals surface area (Å²) in [7, 11) is 7.74. The number of carbonyl (C=O) groups excluding carboxylic acids is 1. The van der Waals surface area contributed by atoms with Gasteiger partial charge in [-0.2, -0.15) is 0 Å². The predicted molar refractivity (Wildman–Crippen MR) is 172 cm³/mol. The number of para-hydroxylation sites is 1. The van der Waals surface area contributed by atoms with Gasteiger partial charge in [-0.15, -0.1) is 0 Å². The van der Waals surface area contributed by atoms with E-state index in [1.165, 1.54) is 6.07 Å². The maximum Gasteiger partial charge on any atom is 0.294 e. The van der Waals surface area contributed by atoms with Crippen LogP contribution in [-0.4, -0.2) is 64.5 Å². The number of nitro groups is 1. The molecule has 1 amide bonds. The fourth-order valence-corrected chi connectivity index (χ4v) is 4.44. The van der Waals surface area contributed by atoms with Gasteiger partial charge in [0.2, 0.25) is 11.9 Å². The number of benzene rings is 2. The van der Waals surface area contributed by atoms with Gasteiger partial charge in [0.1, 0.15) is 11.4 Å². The molecule has 2 aromatic carbocycles. The van der Waals surface area contributed by atoms with Crippen molar-refractivity contribution in [2.75, 3.05) is 49.8 Å². The van der Waals surface area contributed by atoms with Gasteiger partial charge in [-0.3, -0.25) is 14.9 Å². The Labute approximate surface area is 247 Å². The van der Waals surface area contributed by atoms with E-state index in [9.17, 15) is 14.9 Å². The standard InChI is InChI=1S/C30H38N8O3.CH4/c1-19-15-25(36(7)14-13-35(5)6)26(38(40)41)16-22(19)33-29-31-17-23(32-28(39)30(2,3)4)27(34-29)21-18-37(8)24-12-10-9-11-20(21)24;/h9-12,15-18H,13-14H2,1-8H3,(H,32,39)(H,31,33,34);1H4. The van der Waals surface area contributed by atoms with Crippen molar-refractivity contribution in [3.05, 3.63) is 64.5 Å². The normalized spacial score (nSPS) is 11.4. The van der Waals surface area contributed by atoms with Crippen LogP contribution in [0.2, 0.25) is 0 Å². The SMILES string of the molecule is C.Cc1cc(N(C)CCN(C)C)c([N+](=O)[O-])cc1Nc1ncc(NC(=O)C(C)(C)C)c(-c2cn(C)c3ccccc23)n1. The summed E-state index contributed by atoms with van der Waals surface area (Å²) in [6.45, 7) is 8.81. The third-order valence-corrected chi connectivity index (χ3v) is 6.93. The van der Waals surface area contributed by atoms with Crippen molar-refractivity contribution in [1.82, 2.24) is 19.4 Å².